The van der Waals surface area contributed by atoms with Crippen LogP contribution in [0.15, 0.2) is 89.9 Å². The number of halogens is 1. The Balaban J connectivity index is 0.000000157. The molecule has 2 aromatic carbocycles. The van der Waals surface area contributed by atoms with E-state index in [1.807, 2.05) is 84.4 Å². The second kappa shape index (κ2) is 14.6. The minimum Gasteiger partial charge on any atom is -0.399 e. The number of aryl methyl sites for hydroxylation is 2. The summed E-state index contributed by atoms with van der Waals surface area (Å²) in [5.74, 6) is 0. The number of hydrogen-bond acceptors (Lipinski definition) is 8. The first-order valence-corrected chi connectivity index (χ1v) is 22.8. The van der Waals surface area contributed by atoms with Crippen LogP contribution in [0.1, 0.15) is 27.7 Å². The van der Waals surface area contributed by atoms with Gasteiger partial charge in [-0.15, -0.1) is 0 Å². The third-order valence-corrected chi connectivity index (χ3v) is 13.1. The molecule has 0 saturated carbocycles. The summed E-state index contributed by atoms with van der Waals surface area (Å²) in [5.41, 5.74) is 17.1. The molecule has 0 bridgehead atoms. The monoisotopic (exact) mass is 804 g/mol. The average Bonchev–Trinajstić information content (AvgIpc) is 3.69. The number of benzene rings is 2. The first-order valence-electron chi connectivity index (χ1n) is 16.8. The van der Waals surface area contributed by atoms with Crippen LogP contribution in [0.5, 0.6) is 0 Å². The Morgan fingerprint density at radius 2 is 1.15 bits per heavy atom. The molecule has 1 aliphatic heterocycles. The number of aromatic nitrogens is 4. The Morgan fingerprint density at radius 3 is 1.67 bits per heavy atom. The van der Waals surface area contributed by atoms with Gasteiger partial charge in [0.15, 0.2) is 0 Å². The number of pyridine rings is 2. The summed E-state index contributed by atoms with van der Waals surface area (Å²) in [6.45, 7) is 15.1. The maximum atomic E-state index is 12.3. The van der Waals surface area contributed by atoms with E-state index in [-0.39, 0.29) is 18.3 Å². The van der Waals surface area contributed by atoms with Crippen molar-refractivity contribution >= 4 is 86.8 Å². The number of fused-ring (bicyclic) bond motifs is 2. The Morgan fingerprint density at radius 1 is 0.673 bits per heavy atom. The molecule has 10 nitrogen and oxygen atoms in total. The number of nitrogen functional groups attached to an aromatic ring is 2. The summed E-state index contributed by atoms with van der Waals surface area (Å²) in [6.07, 6.45) is 7.67. The fourth-order valence-electron chi connectivity index (χ4n) is 5.76. The zero-order valence-electron chi connectivity index (χ0n) is 31.5. The SMILES string of the molecule is CP(C)(=O)c1cc(Br)ccc1N.Cn1ccc2cc(-c3ccc(N)c(P(C)(C)=O)c3)cnc21.Cn1ccc2cc(B3OC(C)(C)C(C)(C)O3)cnc21. The van der Waals surface area contributed by atoms with E-state index in [4.69, 9.17) is 20.8 Å². The van der Waals surface area contributed by atoms with Crippen LogP contribution in [0.3, 0.4) is 0 Å². The molecule has 0 amide bonds. The zero-order valence-corrected chi connectivity index (χ0v) is 34.9. The highest BCUT2D eigenvalue weighted by atomic mass is 79.9. The van der Waals surface area contributed by atoms with Crippen LogP contribution in [0, 0.1) is 0 Å². The van der Waals surface area contributed by atoms with Crippen LogP contribution in [-0.2, 0) is 32.5 Å². The van der Waals surface area contributed by atoms with Gasteiger partial charge in [0.2, 0.25) is 0 Å². The Kier molecular flexibility index (Phi) is 11.1. The lowest BCUT2D eigenvalue weighted by molar-refractivity contribution is 0.00578. The van der Waals surface area contributed by atoms with Crippen LogP contribution >= 0.6 is 30.2 Å². The third-order valence-electron chi connectivity index (χ3n) is 9.48. The largest absolute Gasteiger partial charge is 0.496 e. The Labute approximate surface area is 315 Å². The van der Waals surface area contributed by atoms with Crippen LogP contribution in [-0.4, -0.2) is 64.1 Å². The van der Waals surface area contributed by atoms with Crippen molar-refractivity contribution in [1.82, 2.24) is 19.1 Å². The van der Waals surface area contributed by atoms with Gasteiger partial charge in [-0.25, -0.2) is 9.97 Å². The molecule has 14 heteroatoms. The van der Waals surface area contributed by atoms with Crippen molar-refractivity contribution in [2.24, 2.45) is 14.1 Å². The van der Waals surface area contributed by atoms with E-state index in [0.717, 1.165) is 53.7 Å². The van der Waals surface area contributed by atoms with Crippen LogP contribution < -0.4 is 27.5 Å². The number of hydrogen-bond donors (Lipinski definition) is 2. The van der Waals surface area contributed by atoms with Crippen molar-refractivity contribution in [2.45, 2.75) is 38.9 Å². The Hall–Kier alpha value is -3.66. The highest BCUT2D eigenvalue weighted by Crippen LogP contribution is 2.39. The van der Waals surface area contributed by atoms with Gasteiger partial charge < -0.3 is 39.0 Å². The minimum absolute atomic E-state index is 0.316. The first kappa shape index (κ1) is 39.6. The molecule has 4 aromatic heterocycles. The van der Waals surface area contributed by atoms with Crippen molar-refractivity contribution < 1.29 is 18.4 Å². The lowest BCUT2D eigenvalue weighted by Gasteiger charge is -2.32. The highest BCUT2D eigenvalue weighted by Gasteiger charge is 2.51. The van der Waals surface area contributed by atoms with Crippen molar-refractivity contribution in [2.75, 3.05) is 38.1 Å². The normalized spacial score (nSPS) is 15.2. The first-order chi connectivity index (χ1) is 24.1. The molecule has 5 heterocycles. The van der Waals surface area contributed by atoms with E-state index in [2.05, 4.69) is 71.8 Å². The van der Waals surface area contributed by atoms with Gasteiger partial charge >= 0.3 is 7.12 Å². The van der Waals surface area contributed by atoms with Crippen molar-refractivity contribution in [3.05, 3.63) is 89.9 Å². The summed E-state index contributed by atoms with van der Waals surface area (Å²) in [4.78, 5) is 8.98. The van der Waals surface area contributed by atoms with Crippen molar-refractivity contribution in [3.8, 4) is 11.1 Å². The van der Waals surface area contributed by atoms with Gasteiger partial charge in [0, 0.05) is 87.1 Å². The second-order valence-electron chi connectivity index (χ2n) is 14.9. The molecule has 0 atom stereocenters. The average molecular weight is 806 g/mol. The molecule has 52 heavy (non-hydrogen) atoms. The van der Waals surface area contributed by atoms with E-state index in [1.54, 1.807) is 32.7 Å². The standard InChI is InChI=1S/C16H18N3OP.C14H19BN2O2.C8H11BrNOP/c1-19-7-6-12-8-13(10-18-16(12)19)11-4-5-14(17)15(9-11)21(2,3)20;1-13(2)14(3,4)19-15(18-13)11-8-10-6-7-17(5)12(10)16-9-11;1-12(2,11)8-5-6(9)3-4-7(8)10/h4-10H,17H2,1-3H3;6-9H,1-5H3;3-5H,10H2,1-2H3. The predicted molar refractivity (Wildman–Crippen MR) is 224 cm³/mol. The number of rotatable bonds is 4. The topological polar surface area (TPSA) is 140 Å². The van der Waals surface area contributed by atoms with Gasteiger partial charge in [0.25, 0.3) is 0 Å². The molecule has 0 radical (unpaired) electrons. The van der Waals surface area contributed by atoms with Crippen LogP contribution in [0.4, 0.5) is 11.4 Å². The smallest absolute Gasteiger partial charge is 0.399 e. The summed E-state index contributed by atoms with van der Waals surface area (Å²) in [7, 11) is -1.02. The fraction of sp³-hybridized carbons (Fsp3) is 0.316. The molecule has 1 aliphatic rings. The van der Waals surface area contributed by atoms with Gasteiger partial charge in [0.05, 0.1) is 11.2 Å². The van der Waals surface area contributed by atoms with Gasteiger partial charge in [-0.2, -0.15) is 0 Å². The number of nitrogens with two attached hydrogens (primary N) is 2. The van der Waals surface area contributed by atoms with Crippen molar-refractivity contribution in [1.29, 1.82) is 0 Å². The van der Waals surface area contributed by atoms with Crippen LogP contribution in [0.2, 0.25) is 0 Å². The van der Waals surface area contributed by atoms with E-state index in [0.29, 0.717) is 11.4 Å². The maximum Gasteiger partial charge on any atom is 0.496 e. The zero-order chi connectivity index (χ0) is 38.4. The van der Waals surface area contributed by atoms with Gasteiger partial charge in [0.1, 0.15) is 25.6 Å². The van der Waals surface area contributed by atoms with Gasteiger partial charge in [-0.1, -0.05) is 22.0 Å². The summed E-state index contributed by atoms with van der Waals surface area (Å²) in [5, 5.41) is 3.67. The quantitative estimate of drug-likeness (QED) is 0.108. The third kappa shape index (κ3) is 8.59. The summed E-state index contributed by atoms with van der Waals surface area (Å²) in [6, 6.07) is 19.4. The molecule has 0 unspecified atom stereocenters. The molecule has 274 valence electrons. The molecule has 0 aliphatic carbocycles. The van der Waals surface area contributed by atoms with Crippen molar-refractivity contribution in [3.63, 3.8) is 0 Å². The van der Waals surface area contributed by atoms with E-state index in [9.17, 15) is 9.13 Å². The van der Waals surface area contributed by atoms with Crippen LogP contribution in [0.25, 0.3) is 33.2 Å². The van der Waals surface area contributed by atoms with E-state index in [1.165, 1.54) is 0 Å². The second-order valence-corrected chi connectivity index (χ2v) is 22.2. The molecule has 1 saturated heterocycles. The van der Waals surface area contributed by atoms with Gasteiger partial charge in [-0.3, -0.25) is 0 Å². The summed E-state index contributed by atoms with van der Waals surface area (Å²) >= 11 is 3.31. The number of anilines is 2. The lowest BCUT2D eigenvalue weighted by atomic mass is 9.80. The molecular weight excluding hydrogens is 757 g/mol. The van der Waals surface area contributed by atoms with Gasteiger partial charge in [-0.05, 0) is 115 Å². The molecule has 6 aromatic rings. The summed E-state index contributed by atoms with van der Waals surface area (Å²) < 4.78 is 41.0. The van der Waals surface area contributed by atoms with E-state index < -0.39 is 14.3 Å². The predicted octanol–water partition coefficient (Wildman–Crippen LogP) is 7.22. The Bertz CT molecular complexity index is 2340. The fourth-order valence-corrected chi connectivity index (χ4v) is 8.60. The molecule has 7 rings (SSSR count). The number of nitrogens with zero attached hydrogens (tertiary/aromatic N) is 4. The molecule has 1 fully saturated rings. The minimum atomic E-state index is -2.40. The highest BCUT2D eigenvalue weighted by molar-refractivity contribution is 9.10. The molecular formula is C38H48BBrN6O4P2. The molecule has 0 spiro atoms. The van der Waals surface area contributed by atoms with E-state index >= 15 is 0 Å². The maximum absolute atomic E-state index is 12.3. The molecule has 4 N–H and O–H groups in total. The lowest BCUT2D eigenvalue weighted by Crippen LogP contribution is -2.41.